The van der Waals surface area contributed by atoms with Crippen molar-refractivity contribution in [3.63, 3.8) is 0 Å². The molecule has 0 aliphatic heterocycles. The number of aromatic hydroxyl groups is 1. The van der Waals surface area contributed by atoms with Gasteiger partial charge < -0.3 is 28.8 Å². The summed E-state index contributed by atoms with van der Waals surface area (Å²) in [6.07, 6.45) is 4.28. The molecule has 0 saturated carbocycles. The minimum atomic E-state index is -0.200. The maximum Gasteiger partial charge on any atom is 0.203 e. The molecule has 0 spiro atoms. The Kier molecular flexibility index (Phi) is 7.44. The number of benzene rings is 2. The first-order valence-electron chi connectivity index (χ1n) is 8.96. The Morgan fingerprint density at radius 3 is 1.79 bits per heavy atom. The Morgan fingerprint density at radius 1 is 0.857 bits per heavy atom. The van der Waals surface area contributed by atoms with Crippen molar-refractivity contribution in [2.75, 3.05) is 28.4 Å². The molecule has 0 fully saturated rings. The first-order valence-corrected chi connectivity index (χ1v) is 8.96. The van der Waals surface area contributed by atoms with Crippen LogP contribution in [0.5, 0.6) is 34.5 Å². The molecule has 0 heterocycles. The van der Waals surface area contributed by atoms with E-state index in [2.05, 4.69) is 0 Å². The molecule has 0 bridgehead atoms. The zero-order valence-corrected chi connectivity index (χ0v) is 17.2. The predicted octanol–water partition coefficient (Wildman–Crippen LogP) is 4.47. The molecular weight excluding hydrogens is 360 g/mol. The number of phenols is 1. The van der Waals surface area contributed by atoms with Crippen LogP contribution in [0.4, 0.5) is 0 Å². The fraction of sp³-hybridized carbons (Fsp3) is 0.364. The number of hydrogen-bond acceptors (Lipinski definition) is 6. The van der Waals surface area contributed by atoms with Crippen LogP contribution >= 0.6 is 0 Å². The van der Waals surface area contributed by atoms with Crippen LogP contribution in [0.15, 0.2) is 30.3 Å². The van der Waals surface area contributed by atoms with Gasteiger partial charge in [-0.1, -0.05) is 12.2 Å². The van der Waals surface area contributed by atoms with E-state index >= 15 is 0 Å². The van der Waals surface area contributed by atoms with Gasteiger partial charge in [0.1, 0.15) is 6.10 Å². The molecule has 0 aromatic heterocycles. The zero-order valence-electron chi connectivity index (χ0n) is 17.2. The summed E-state index contributed by atoms with van der Waals surface area (Å²) in [7, 11) is 6.20. The SMILES string of the molecule is CC=Cc1cc(OC)c(OC(C)Cc2cc(OC)c(O)c(OC)c2)c(OC)c1. The van der Waals surface area contributed by atoms with E-state index in [1.807, 2.05) is 38.1 Å². The second-order valence-corrected chi connectivity index (χ2v) is 6.24. The van der Waals surface area contributed by atoms with Gasteiger partial charge in [0.15, 0.2) is 23.0 Å². The lowest BCUT2D eigenvalue weighted by molar-refractivity contribution is 0.201. The van der Waals surface area contributed by atoms with Crippen molar-refractivity contribution in [1.29, 1.82) is 0 Å². The lowest BCUT2D eigenvalue weighted by Gasteiger charge is -2.20. The Bertz CT molecular complexity index is 778. The Morgan fingerprint density at radius 2 is 1.36 bits per heavy atom. The van der Waals surface area contributed by atoms with Crippen LogP contribution in [0.2, 0.25) is 0 Å². The largest absolute Gasteiger partial charge is 0.502 e. The molecule has 0 aliphatic rings. The van der Waals surface area contributed by atoms with E-state index in [1.165, 1.54) is 14.2 Å². The predicted molar refractivity (Wildman–Crippen MR) is 109 cm³/mol. The average Bonchev–Trinajstić information content (AvgIpc) is 2.69. The molecule has 0 saturated heterocycles. The minimum absolute atomic E-state index is 0.0229. The van der Waals surface area contributed by atoms with Crippen molar-refractivity contribution in [3.8, 4) is 34.5 Å². The van der Waals surface area contributed by atoms with Crippen molar-refractivity contribution in [2.24, 2.45) is 0 Å². The number of hydrogen-bond donors (Lipinski definition) is 1. The fourth-order valence-electron chi connectivity index (χ4n) is 2.95. The molecule has 1 N–H and O–H groups in total. The van der Waals surface area contributed by atoms with Crippen molar-refractivity contribution in [1.82, 2.24) is 0 Å². The van der Waals surface area contributed by atoms with Crippen LogP contribution in [0, 0.1) is 0 Å². The van der Waals surface area contributed by atoms with Gasteiger partial charge in [0.25, 0.3) is 0 Å². The van der Waals surface area contributed by atoms with Gasteiger partial charge in [0, 0.05) is 6.42 Å². The molecule has 1 unspecified atom stereocenters. The Labute approximate surface area is 166 Å². The molecule has 0 aliphatic carbocycles. The number of rotatable bonds is 9. The summed E-state index contributed by atoms with van der Waals surface area (Å²) in [6, 6.07) is 7.33. The number of ether oxygens (including phenoxy) is 5. The summed E-state index contributed by atoms with van der Waals surface area (Å²) in [6.45, 7) is 3.90. The third-order valence-corrected chi connectivity index (χ3v) is 4.22. The topological polar surface area (TPSA) is 66.4 Å². The van der Waals surface area contributed by atoms with Crippen LogP contribution < -0.4 is 23.7 Å². The number of methoxy groups -OCH3 is 4. The molecule has 28 heavy (non-hydrogen) atoms. The van der Waals surface area contributed by atoms with E-state index < -0.39 is 0 Å². The van der Waals surface area contributed by atoms with Gasteiger partial charge in [-0.25, -0.2) is 0 Å². The first kappa shape index (κ1) is 21.3. The third-order valence-electron chi connectivity index (χ3n) is 4.22. The minimum Gasteiger partial charge on any atom is -0.502 e. The van der Waals surface area contributed by atoms with Gasteiger partial charge in [0.05, 0.1) is 28.4 Å². The van der Waals surface area contributed by atoms with Crippen LogP contribution in [-0.4, -0.2) is 39.6 Å². The van der Waals surface area contributed by atoms with Crippen LogP contribution in [0.25, 0.3) is 6.08 Å². The highest BCUT2D eigenvalue weighted by Crippen LogP contribution is 2.41. The lowest BCUT2D eigenvalue weighted by Crippen LogP contribution is -2.16. The summed E-state index contributed by atoms with van der Waals surface area (Å²) >= 11 is 0. The lowest BCUT2D eigenvalue weighted by atomic mass is 10.1. The van der Waals surface area contributed by atoms with E-state index in [0.29, 0.717) is 35.2 Å². The van der Waals surface area contributed by atoms with Crippen molar-refractivity contribution >= 4 is 6.08 Å². The van der Waals surface area contributed by atoms with Crippen LogP contribution in [0.1, 0.15) is 25.0 Å². The van der Waals surface area contributed by atoms with Gasteiger partial charge in [-0.2, -0.15) is 0 Å². The molecule has 0 amide bonds. The summed E-state index contributed by atoms with van der Waals surface area (Å²) in [5, 5.41) is 10.1. The fourth-order valence-corrected chi connectivity index (χ4v) is 2.95. The molecule has 2 aromatic rings. The van der Waals surface area contributed by atoms with Gasteiger partial charge >= 0.3 is 0 Å². The monoisotopic (exact) mass is 388 g/mol. The molecule has 0 radical (unpaired) electrons. The van der Waals surface area contributed by atoms with E-state index in [0.717, 1.165) is 11.1 Å². The van der Waals surface area contributed by atoms with E-state index in [-0.39, 0.29) is 11.9 Å². The van der Waals surface area contributed by atoms with E-state index in [9.17, 15) is 5.11 Å². The second kappa shape index (κ2) is 9.78. The maximum atomic E-state index is 10.1. The molecule has 6 heteroatoms. The number of phenolic OH excluding ortho intramolecular Hbond substituents is 1. The summed E-state index contributed by atoms with van der Waals surface area (Å²) in [4.78, 5) is 0. The molecule has 6 nitrogen and oxygen atoms in total. The molecule has 152 valence electrons. The average molecular weight is 388 g/mol. The van der Waals surface area contributed by atoms with Gasteiger partial charge in [-0.3, -0.25) is 0 Å². The quantitative estimate of drug-likeness (QED) is 0.684. The summed E-state index contributed by atoms with van der Waals surface area (Å²) in [5.74, 6) is 2.42. The summed E-state index contributed by atoms with van der Waals surface area (Å²) in [5.41, 5.74) is 1.87. The Hall–Kier alpha value is -3.02. The van der Waals surface area contributed by atoms with Crippen molar-refractivity contribution in [3.05, 3.63) is 41.5 Å². The zero-order chi connectivity index (χ0) is 20.7. The van der Waals surface area contributed by atoms with Crippen LogP contribution in [0.3, 0.4) is 0 Å². The first-order chi connectivity index (χ1) is 13.5. The van der Waals surface area contributed by atoms with E-state index in [1.54, 1.807) is 26.4 Å². The molecule has 2 rings (SSSR count). The standard InChI is InChI=1S/C22H28O6/c1-7-8-15-10-19(26-5)22(20(11-15)27-6)28-14(2)9-16-12-17(24-3)21(23)18(13-16)25-4/h7-8,10-14,23H,9H2,1-6H3. The highest BCUT2D eigenvalue weighted by molar-refractivity contribution is 5.62. The molecule has 1 atom stereocenters. The van der Waals surface area contributed by atoms with Crippen LogP contribution in [-0.2, 0) is 6.42 Å². The highest BCUT2D eigenvalue weighted by atomic mass is 16.5. The van der Waals surface area contributed by atoms with Gasteiger partial charge in [-0.15, -0.1) is 0 Å². The molecule has 2 aromatic carbocycles. The smallest absolute Gasteiger partial charge is 0.203 e. The van der Waals surface area contributed by atoms with Gasteiger partial charge in [0.2, 0.25) is 11.5 Å². The van der Waals surface area contributed by atoms with Gasteiger partial charge in [-0.05, 0) is 49.2 Å². The third kappa shape index (κ3) is 4.82. The normalized spacial score (nSPS) is 11.9. The second-order valence-electron chi connectivity index (χ2n) is 6.24. The van der Waals surface area contributed by atoms with Crippen molar-refractivity contribution in [2.45, 2.75) is 26.4 Å². The maximum absolute atomic E-state index is 10.1. The summed E-state index contributed by atoms with van der Waals surface area (Å²) < 4.78 is 27.6. The van der Waals surface area contributed by atoms with E-state index in [4.69, 9.17) is 23.7 Å². The number of allylic oxidation sites excluding steroid dienone is 1. The Balaban J connectivity index is 2.29. The molecular formula is C22H28O6. The highest BCUT2D eigenvalue weighted by Gasteiger charge is 2.18. The van der Waals surface area contributed by atoms with Crippen molar-refractivity contribution < 1.29 is 28.8 Å².